The molecule has 0 fully saturated rings. The van der Waals surface area contributed by atoms with Crippen LogP contribution < -0.4 is 14.9 Å². The Morgan fingerprint density at radius 1 is 1.21 bits per heavy atom. The molecule has 3 N–H and O–H groups in total. The van der Waals surface area contributed by atoms with Gasteiger partial charge in [-0.3, -0.25) is 4.72 Å². The molecule has 0 spiro atoms. The smallest absolute Gasteiger partial charge is 0.333 e. The lowest BCUT2D eigenvalue weighted by molar-refractivity contribution is -0.132. The highest BCUT2D eigenvalue weighted by molar-refractivity contribution is 7.97. The Balaban J connectivity index is 1.65. The van der Waals surface area contributed by atoms with Crippen molar-refractivity contribution in [3.8, 4) is 0 Å². The number of hydrogen-bond donors (Lipinski definition) is 3. The Kier molecular flexibility index (Phi) is 8.07. The number of para-hydroxylation sites is 1. The molecule has 5 rings (SSSR count). The van der Waals surface area contributed by atoms with E-state index in [0.717, 1.165) is 46.1 Å². The summed E-state index contributed by atoms with van der Waals surface area (Å²) in [6, 6.07) is 20.7. The van der Waals surface area contributed by atoms with E-state index in [1.807, 2.05) is 30.3 Å². The van der Waals surface area contributed by atoms with Crippen LogP contribution in [0.1, 0.15) is 32.3 Å². The van der Waals surface area contributed by atoms with E-state index in [-0.39, 0.29) is 11.6 Å². The van der Waals surface area contributed by atoms with Gasteiger partial charge in [-0.15, -0.1) is 11.6 Å². The van der Waals surface area contributed by atoms with Crippen molar-refractivity contribution in [2.24, 2.45) is 5.92 Å². The van der Waals surface area contributed by atoms with Crippen molar-refractivity contribution in [1.29, 1.82) is 0 Å². The summed E-state index contributed by atoms with van der Waals surface area (Å²) in [5.74, 6) is 0.276. The van der Waals surface area contributed by atoms with Crippen LogP contribution in [0.15, 0.2) is 89.5 Å². The fourth-order valence-electron chi connectivity index (χ4n) is 4.88. The van der Waals surface area contributed by atoms with Gasteiger partial charge in [0.05, 0.1) is 16.6 Å². The largest absolute Gasteiger partial charge is 0.478 e. The SMILES string of the molecule is CC(C)C[C@@H]1CN(c2ccccc2)c2cc(Nc3ccccn3)c(C3=CCC(Cl)C(C(=O)O)=C3)cc2SN1. The van der Waals surface area contributed by atoms with Crippen LogP contribution in [0.5, 0.6) is 0 Å². The number of benzene rings is 2. The van der Waals surface area contributed by atoms with Crippen molar-refractivity contribution < 1.29 is 9.90 Å². The van der Waals surface area contributed by atoms with E-state index in [1.54, 1.807) is 24.2 Å². The number of halogens is 1. The van der Waals surface area contributed by atoms with Crippen LogP contribution in [0.3, 0.4) is 0 Å². The van der Waals surface area contributed by atoms with E-state index >= 15 is 0 Å². The molecular weight excluding hydrogens is 516 g/mol. The topological polar surface area (TPSA) is 77.5 Å². The number of rotatable bonds is 7. The predicted molar refractivity (Wildman–Crippen MR) is 158 cm³/mol. The third-order valence-electron chi connectivity index (χ3n) is 6.63. The van der Waals surface area contributed by atoms with E-state index < -0.39 is 11.3 Å². The number of aromatic nitrogens is 1. The van der Waals surface area contributed by atoms with Crippen LogP contribution in [0.2, 0.25) is 0 Å². The zero-order chi connectivity index (χ0) is 26.6. The van der Waals surface area contributed by atoms with Crippen LogP contribution in [0.4, 0.5) is 22.9 Å². The monoisotopic (exact) mass is 546 g/mol. The molecule has 2 heterocycles. The Hall–Kier alpha value is -3.26. The second-order valence-electron chi connectivity index (χ2n) is 9.97. The Morgan fingerprint density at radius 2 is 2.00 bits per heavy atom. The highest BCUT2D eigenvalue weighted by Crippen LogP contribution is 2.44. The minimum absolute atomic E-state index is 0.205. The molecule has 1 aliphatic heterocycles. The molecule has 2 aromatic carbocycles. The molecule has 0 saturated heterocycles. The first-order valence-corrected chi connectivity index (χ1v) is 14.0. The predicted octanol–water partition coefficient (Wildman–Crippen LogP) is 7.39. The molecule has 196 valence electrons. The zero-order valence-electron chi connectivity index (χ0n) is 21.4. The summed E-state index contributed by atoms with van der Waals surface area (Å²) in [6.07, 6.45) is 6.95. The number of carboxylic acids is 1. The summed E-state index contributed by atoms with van der Waals surface area (Å²) in [5.41, 5.74) is 4.99. The maximum atomic E-state index is 11.9. The molecule has 38 heavy (non-hydrogen) atoms. The molecule has 8 heteroatoms. The fourth-order valence-corrected chi connectivity index (χ4v) is 6.04. The highest BCUT2D eigenvalue weighted by Gasteiger charge is 2.28. The van der Waals surface area contributed by atoms with E-state index in [4.69, 9.17) is 11.6 Å². The Labute approximate surface area is 232 Å². The van der Waals surface area contributed by atoms with Crippen molar-refractivity contribution in [1.82, 2.24) is 9.71 Å². The first-order valence-electron chi connectivity index (χ1n) is 12.8. The van der Waals surface area contributed by atoms with Gasteiger partial charge in [-0.2, -0.15) is 0 Å². The van der Waals surface area contributed by atoms with Crippen molar-refractivity contribution in [3.05, 3.63) is 90.1 Å². The fraction of sp³-hybridized carbons (Fsp3) is 0.267. The molecular formula is C30H31ClN4O2S. The molecule has 0 radical (unpaired) electrons. The van der Waals surface area contributed by atoms with Gasteiger partial charge >= 0.3 is 5.97 Å². The van der Waals surface area contributed by atoms with Gasteiger partial charge in [0.15, 0.2) is 0 Å². The number of allylic oxidation sites excluding steroid dienone is 3. The lowest BCUT2D eigenvalue weighted by Crippen LogP contribution is -2.35. The third kappa shape index (κ3) is 5.90. The number of carboxylic acid groups (broad SMARTS) is 1. The minimum atomic E-state index is -0.993. The van der Waals surface area contributed by atoms with Crippen molar-refractivity contribution in [2.75, 3.05) is 16.8 Å². The summed E-state index contributed by atoms with van der Waals surface area (Å²) in [4.78, 5) is 19.8. The molecule has 1 aromatic heterocycles. The highest BCUT2D eigenvalue weighted by atomic mass is 35.5. The zero-order valence-corrected chi connectivity index (χ0v) is 23.0. The average Bonchev–Trinajstić information content (AvgIpc) is 3.08. The number of alkyl halides is 1. The molecule has 6 nitrogen and oxygen atoms in total. The Morgan fingerprint density at radius 3 is 2.71 bits per heavy atom. The number of anilines is 4. The van der Waals surface area contributed by atoms with Crippen molar-refractivity contribution in [2.45, 2.75) is 43.0 Å². The molecule has 1 unspecified atom stereocenters. The summed E-state index contributed by atoms with van der Waals surface area (Å²) in [6.45, 7) is 5.32. The molecule has 1 aliphatic carbocycles. The lowest BCUT2D eigenvalue weighted by atomic mass is 9.92. The molecule has 0 amide bonds. The van der Waals surface area contributed by atoms with E-state index in [0.29, 0.717) is 18.2 Å². The summed E-state index contributed by atoms with van der Waals surface area (Å²) >= 11 is 7.97. The van der Waals surface area contributed by atoms with Gasteiger partial charge in [0.2, 0.25) is 0 Å². The first-order chi connectivity index (χ1) is 18.4. The number of fused-ring (bicyclic) bond motifs is 1. The summed E-state index contributed by atoms with van der Waals surface area (Å²) < 4.78 is 3.69. The third-order valence-corrected chi connectivity index (χ3v) is 8.04. The van der Waals surface area contributed by atoms with Gasteiger partial charge < -0.3 is 15.3 Å². The second-order valence-corrected chi connectivity index (χ2v) is 11.4. The molecule has 2 aliphatic rings. The number of aliphatic carboxylic acids is 1. The minimum Gasteiger partial charge on any atom is -0.478 e. The maximum Gasteiger partial charge on any atom is 0.333 e. The van der Waals surface area contributed by atoms with E-state index in [2.05, 4.69) is 70.2 Å². The van der Waals surface area contributed by atoms with Crippen LogP contribution in [0, 0.1) is 5.92 Å². The second kappa shape index (κ2) is 11.6. The quantitative estimate of drug-likeness (QED) is 0.210. The lowest BCUT2D eigenvalue weighted by Gasteiger charge is -2.29. The van der Waals surface area contributed by atoms with Crippen LogP contribution >= 0.6 is 23.5 Å². The number of hydrogen-bond acceptors (Lipinski definition) is 6. The molecule has 2 atom stereocenters. The number of nitrogens with one attached hydrogen (secondary N) is 2. The van der Waals surface area contributed by atoms with Crippen LogP contribution in [-0.2, 0) is 4.79 Å². The van der Waals surface area contributed by atoms with Gasteiger partial charge in [0, 0.05) is 40.6 Å². The average molecular weight is 547 g/mol. The molecule has 3 aromatic rings. The summed E-state index contributed by atoms with van der Waals surface area (Å²) in [7, 11) is 0. The normalized spacial score (nSPS) is 19.3. The van der Waals surface area contributed by atoms with Gasteiger partial charge in [-0.05, 0) is 78.8 Å². The molecule has 0 saturated carbocycles. The van der Waals surface area contributed by atoms with Gasteiger partial charge in [-0.1, -0.05) is 44.2 Å². The maximum absolute atomic E-state index is 11.9. The van der Waals surface area contributed by atoms with Crippen LogP contribution in [-0.4, -0.2) is 34.0 Å². The number of pyridine rings is 1. The van der Waals surface area contributed by atoms with Gasteiger partial charge in [0.25, 0.3) is 0 Å². The number of nitrogens with zero attached hydrogens (tertiary/aromatic N) is 2. The standard InChI is InChI=1S/C30H31ClN4O2S/c1-19(2)14-21-18-35(22-8-4-3-5-9-22)27-17-26(33-29-10-6-7-13-32-29)23(16-28(27)38-34-21)20-11-12-25(31)24(15-20)30(36)37/h3-11,13,15-17,19,21,25,34H,12,14,18H2,1-2H3,(H,32,33)(H,36,37)/t21-,25?/m1/s1. The van der Waals surface area contributed by atoms with E-state index in [9.17, 15) is 9.90 Å². The van der Waals surface area contributed by atoms with Crippen LogP contribution in [0.25, 0.3) is 5.57 Å². The Bertz CT molecular complexity index is 1360. The van der Waals surface area contributed by atoms with Crippen molar-refractivity contribution >= 4 is 58.0 Å². The van der Waals surface area contributed by atoms with E-state index in [1.165, 1.54) is 0 Å². The van der Waals surface area contributed by atoms with Gasteiger partial charge in [0.1, 0.15) is 5.82 Å². The van der Waals surface area contributed by atoms with Crippen molar-refractivity contribution in [3.63, 3.8) is 0 Å². The molecule has 0 bridgehead atoms. The van der Waals surface area contributed by atoms with Gasteiger partial charge in [-0.25, -0.2) is 9.78 Å². The number of carbonyl (C=O) groups is 1. The first kappa shape index (κ1) is 26.4. The summed E-state index contributed by atoms with van der Waals surface area (Å²) in [5, 5.41) is 12.7.